The zero-order chi connectivity index (χ0) is 14.8. The number of para-hydroxylation sites is 1. The molecule has 0 heterocycles. The minimum atomic E-state index is -3.10. The zero-order valence-electron chi connectivity index (χ0n) is 11.4. The van der Waals surface area contributed by atoms with Crippen molar-refractivity contribution in [3.05, 3.63) is 29.6 Å². The molecule has 1 aromatic rings. The minimum absolute atomic E-state index is 0.0363. The molecular weight excluding hydrogens is 283 g/mol. The van der Waals surface area contributed by atoms with E-state index in [-0.39, 0.29) is 18.5 Å². The summed E-state index contributed by atoms with van der Waals surface area (Å²) in [5, 5.41) is 8.79. The number of rotatable bonds is 4. The van der Waals surface area contributed by atoms with Gasteiger partial charge in [-0.05, 0) is 25.3 Å². The van der Waals surface area contributed by atoms with E-state index in [0.29, 0.717) is 24.8 Å². The maximum absolute atomic E-state index is 13.8. The average Bonchev–Trinajstić information content (AvgIpc) is 2.40. The molecule has 0 bridgehead atoms. The van der Waals surface area contributed by atoms with Gasteiger partial charge < -0.3 is 9.84 Å². The Morgan fingerprint density at radius 1 is 1.40 bits per heavy atom. The fourth-order valence-electron chi connectivity index (χ4n) is 2.57. The Morgan fingerprint density at radius 3 is 2.80 bits per heavy atom. The highest BCUT2D eigenvalue weighted by Gasteiger charge is 2.30. The first-order valence-electron chi connectivity index (χ1n) is 6.65. The first-order chi connectivity index (χ1) is 9.41. The number of hydrogen-bond acceptors (Lipinski definition) is 4. The lowest BCUT2D eigenvalue weighted by atomic mass is 9.97. The van der Waals surface area contributed by atoms with Crippen molar-refractivity contribution in [3.8, 4) is 5.75 Å². The van der Waals surface area contributed by atoms with Crippen LogP contribution in [0.5, 0.6) is 5.75 Å². The second-order valence-corrected chi connectivity index (χ2v) is 7.57. The summed E-state index contributed by atoms with van der Waals surface area (Å²) in [7, 11) is -3.10. The number of ether oxygens (including phenoxy) is 1. The summed E-state index contributed by atoms with van der Waals surface area (Å²) in [6.45, 7) is -0.310. The quantitative estimate of drug-likeness (QED) is 0.924. The Balaban J connectivity index is 2.14. The lowest BCUT2D eigenvalue weighted by Crippen LogP contribution is -2.33. The van der Waals surface area contributed by atoms with Crippen molar-refractivity contribution in [2.75, 3.05) is 6.26 Å². The smallest absolute Gasteiger partial charge is 0.165 e. The molecular formula is C14H19FO4S. The van der Waals surface area contributed by atoms with Crippen LogP contribution in [0, 0.1) is 5.82 Å². The third-order valence-electron chi connectivity index (χ3n) is 3.69. The Morgan fingerprint density at radius 2 is 2.15 bits per heavy atom. The summed E-state index contributed by atoms with van der Waals surface area (Å²) in [6.07, 6.45) is 3.34. The molecule has 2 unspecified atom stereocenters. The molecule has 0 amide bonds. The van der Waals surface area contributed by atoms with Crippen LogP contribution in [0.25, 0.3) is 0 Å². The van der Waals surface area contributed by atoms with Crippen molar-refractivity contribution in [1.29, 1.82) is 0 Å². The van der Waals surface area contributed by atoms with Crippen LogP contribution in [-0.4, -0.2) is 31.1 Å². The Kier molecular flexibility index (Phi) is 4.65. The van der Waals surface area contributed by atoms with Crippen molar-refractivity contribution < 1.29 is 22.7 Å². The molecule has 1 aromatic carbocycles. The fourth-order valence-corrected chi connectivity index (χ4v) is 3.73. The normalized spacial score (nSPS) is 23.6. The van der Waals surface area contributed by atoms with Gasteiger partial charge in [0.1, 0.15) is 15.9 Å². The lowest BCUT2D eigenvalue weighted by Gasteiger charge is -2.29. The van der Waals surface area contributed by atoms with E-state index in [2.05, 4.69) is 0 Å². The van der Waals surface area contributed by atoms with Gasteiger partial charge in [0, 0.05) is 18.2 Å². The van der Waals surface area contributed by atoms with Crippen LogP contribution >= 0.6 is 0 Å². The van der Waals surface area contributed by atoms with Gasteiger partial charge in [-0.15, -0.1) is 0 Å². The van der Waals surface area contributed by atoms with Gasteiger partial charge >= 0.3 is 0 Å². The van der Waals surface area contributed by atoms with Gasteiger partial charge in [-0.3, -0.25) is 0 Å². The molecule has 4 nitrogen and oxygen atoms in total. The van der Waals surface area contributed by atoms with E-state index in [9.17, 15) is 17.9 Å². The van der Waals surface area contributed by atoms with Gasteiger partial charge in [-0.2, -0.15) is 0 Å². The van der Waals surface area contributed by atoms with Gasteiger partial charge in [0.05, 0.1) is 11.9 Å². The second kappa shape index (κ2) is 6.10. The lowest BCUT2D eigenvalue weighted by molar-refractivity contribution is 0.144. The number of hydrogen-bond donors (Lipinski definition) is 1. The van der Waals surface area contributed by atoms with Gasteiger partial charge in [-0.25, -0.2) is 12.8 Å². The van der Waals surface area contributed by atoms with Crippen molar-refractivity contribution >= 4 is 9.84 Å². The van der Waals surface area contributed by atoms with Crippen LogP contribution in [0.3, 0.4) is 0 Å². The van der Waals surface area contributed by atoms with E-state index < -0.39 is 20.9 Å². The third kappa shape index (κ3) is 3.49. The van der Waals surface area contributed by atoms with Gasteiger partial charge in [0.15, 0.2) is 11.6 Å². The molecule has 112 valence electrons. The third-order valence-corrected chi connectivity index (χ3v) is 5.33. The molecule has 2 rings (SSSR count). The molecule has 0 aromatic heterocycles. The standard InChI is InChI=1S/C14H19FO4S/c1-20(17,18)12-6-3-5-11(8-12)19-14-10(9-16)4-2-7-13(14)15/h2,4,7,11-12,16H,3,5-6,8-9H2,1H3. The number of aliphatic hydroxyl groups is 1. The minimum Gasteiger partial charge on any atom is -0.487 e. The number of sulfone groups is 1. The van der Waals surface area contributed by atoms with Gasteiger partial charge in [0.2, 0.25) is 0 Å². The van der Waals surface area contributed by atoms with Gasteiger partial charge in [0.25, 0.3) is 0 Å². The molecule has 0 radical (unpaired) electrons. The molecule has 1 aliphatic rings. The van der Waals surface area contributed by atoms with E-state index in [4.69, 9.17) is 4.74 Å². The van der Waals surface area contributed by atoms with E-state index in [0.717, 1.165) is 6.42 Å². The molecule has 1 saturated carbocycles. The maximum atomic E-state index is 13.8. The molecule has 0 saturated heterocycles. The number of benzene rings is 1. The predicted molar refractivity (Wildman–Crippen MR) is 73.8 cm³/mol. The summed E-state index contributed by atoms with van der Waals surface area (Å²) in [4.78, 5) is 0. The summed E-state index contributed by atoms with van der Waals surface area (Å²) < 4.78 is 42.6. The Hall–Kier alpha value is -1.14. The molecule has 1 aliphatic carbocycles. The van der Waals surface area contributed by atoms with Crippen molar-refractivity contribution in [1.82, 2.24) is 0 Å². The topological polar surface area (TPSA) is 63.6 Å². The SMILES string of the molecule is CS(=O)(=O)C1CCCC(Oc2c(F)cccc2CO)C1. The Labute approximate surface area is 118 Å². The largest absolute Gasteiger partial charge is 0.487 e. The first-order valence-corrected chi connectivity index (χ1v) is 8.61. The van der Waals surface area contributed by atoms with Crippen molar-refractivity contribution in [2.24, 2.45) is 0 Å². The molecule has 6 heteroatoms. The van der Waals surface area contributed by atoms with E-state index in [1.165, 1.54) is 18.4 Å². The van der Waals surface area contributed by atoms with Crippen molar-refractivity contribution in [3.63, 3.8) is 0 Å². The van der Waals surface area contributed by atoms with Crippen LogP contribution < -0.4 is 4.74 Å². The first kappa shape index (κ1) is 15.3. The average molecular weight is 302 g/mol. The second-order valence-electron chi connectivity index (χ2n) is 5.24. The molecule has 1 fully saturated rings. The number of aliphatic hydroxyl groups excluding tert-OH is 1. The summed E-state index contributed by atoms with van der Waals surface area (Å²) in [5.41, 5.74) is 0.381. The van der Waals surface area contributed by atoms with E-state index in [1.54, 1.807) is 6.07 Å². The van der Waals surface area contributed by atoms with Crippen molar-refractivity contribution in [2.45, 2.75) is 43.6 Å². The molecule has 0 aliphatic heterocycles. The van der Waals surface area contributed by atoms with Crippen LogP contribution in [0.2, 0.25) is 0 Å². The summed E-state index contributed by atoms with van der Waals surface area (Å²) >= 11 is 0. The van der Waals surface area contributed by atoms with Crippen LogP contribution in [-0.2, 0) is 16.4 Å². The highest BCUT2D eigenvalue weighted by molar-refractivity contribution is 7.91. The molecule has 1 N–H and O–H groups in total. The molecule has 2 atom stereocenters. The predicted octanol–water partition coefficient (Wildman–Crippen LogP) is 2.05. The summed E-state index contributed by atoms with van der Waals surface area (Å²) in [6, 6.07) is 4.37. The zero-order valence-corrected chi connectivity index (χ0v) is 12.2. The highest BCUT2D eigenvalue weighted by atomic mass is 32.2. The molecule has 20 heavy (non-hydrogen) atoms. The molecule has 0 spiro atoms. The van der Waals surface area contributed by atoms with Crippen LogP contribution in [0.1, 0.15) is 31.2 Å². The van der Waals surface area contributed by atoms with Crippen LogP contribution in [0.15, 0.2) is 18.2 Å². The van der Waals surface area contributed by atoms with Gasteiger partial charge in [-0.1, -0.05) is 12.1 Å². The van der Waals surface area contributed by atoms with Crippen LogP contribution in [0.4, 0.5) is 4.39 Å². The monoisotopic (exact) mass is 302 g/mol. The van der Waals surface area contributed by atoms with E-state index in [1.807, 2.05) is 0 Å². The van der Waals surface area contributed by atoms with E-state index >= 15 is 0 Å². The number of halogens is 1. The Bertz CT molecular complexity index is 571. The highest BCUT2D eigenvalue weighted by Crippen LogP contribution is 2.30. The fraction of sp³-hybridized carbons (Fsp3) is 0.571. The maximum Gasteiger partial charge on any atom is 0.165 e. The summed E-state index contributed by atoms with van der Waals surface area (Å²) in [5.74, 6) is -0.493.